The van der Waals surface area contributed by atoms with Gasteiger partial charge in [0.2, 0.25) is 0 Å². The van der Waals surface area contributed by atoms with E-state index >= 15 is 0 Å². The zero-order valence-corrected chi connectivity index (χ0v) is 16.4. The number of hydrogen-bond acceptors (Lipinski definition) is 3. The standard InChI is InChI=1S/C21H26N2O2S/c1-4-15-7-6-8-18(10-15)23-21(26)22-13-17-12-20-16(9-14(3)25-20)11-19(17)24-5-2/h6-8,10-12,14H,4-5,9,13H2,1-3H3,(H2,22,23,26)/t14-/m1/s1. The average molecular weight is 371 g/mol. The van der Waals surface area contributed by atoms with Crippen LogP contribution in [0.25, 0.3) is 0 Å². The van der Waals surface area contributed by atoms with Crippen molar-refractivity contribution in [2.45, 2.75) is 46.3 Å². The minimum absolute atomic E-state index is 0.219. The van der Waals surface area contributed by atoms with Crippen LogP contribution in [0.1, 0.15) is 37.5 Å². The van der Waals surface area contributed by atoms with Gasteiger partial charge in [0.1, 0.15) is 17.6 Å². The number of nitrogens with one attached hydrogen (secondary N) is 2. The second-order valence-electron chi connectivity index (χ2n) is 6.49. The van der Waals surface area contributed by atoms with E-state index in [1.807, 2.05) is 19.1 Å². The summed E-state index contributed by atoms with van der Waals surface area (Å²) in [5.74, 6) is 1.85. The van der Waals surface area contributed by atoms with E-state index in [9.17, 15) is 0 Å². The van der Waals surface area contributed by atoms with Crippen molar-refractivity contribution >= 4 is 23.0 Å². The lowest BCUT2D eigenvalue weighted by molar-refractivity contribution is 0.254. The summed E-state index contributed by atoms with van der Waals surface area (Å²) in [6.07, 6.45) is 2.15. The molecule has 3 rings (SSSR count). The summed E-state index contributed by atoms with van der Waals surface area (Å²) in [4.78, 5) is 0. The zero-order chi connectivity index (χ0) is 18.5. The van der Waals surface area contributed by atoms with E-state index in [1.54, 1.807) is 0 Å². The number of hydrogen-bond donors (Lipinski definition) is 2. The van der Waals surface area contributed by atoms with Crippen molar-refractivity contribution < 1.29 is 9.47 Å². The third-order valence-electron chi connectivity index (χ3n) is 4.41. The minimum Gasteiger partial charge on any atom is -0.494 e. The molecule has 2 aromatic rings. The van der Waals surface area contributed by atoms with Gasteiger partial charge in [0, 0.05) is 29.8 Å². The molecule has 0 spiro atoms. The van der Waals surface area contributed by atoms with Crippen LogP contribution in [0.15, 0.2) is 36.4 Å². The molecule has 0 fully saturated rings. The zero-order valence-electron chi connectivity index (χ0n) is 15.6. The summed E-state index contributed by atoms with van der Waals surface area (Å²) in [7, 11) is 0. The Balaban J connectivity index is 1.66. The third kappa shape index (κ3) is 4.47. The van der Waals surface area contributed by atoms with Gasteiger partial charge in [-0.15, -0.1) is 0 Å². The fourth-order valence-electron chi connectivity index (χ4n) is 3.13. The van der Waals surface area contributed by atoms with Crippen molar-refractivity contribution in [1.82, 2.24) is 5.32 Å². The van der Waals surface area contributed by atoms with Crippen molar-refractivity contribution in [1.29, 1.82) is 0 Å². The predicted octanol–water partition coefficient (Wildman–Crippen LogP) is 4.46. The molecule has 5 heteroatoms. The quantitative estimate of drug-likeness (QED) is 0.735. The molecule has 26 heavy (non-hydrogen) atoms. The molecule has 1 atom stereocenters. The summed E-state index contributed by atoms with van der Waals surface area (Å²) in [5.41, 5.74) is 4.53. The molecule has 1 heterocycles. The van der Waals surface area contributed by atoms with Gasteiger partial charge >= 0.3 is 0 Å². The topological polar surface area (TPSA) is 42.5 Å². The van der Waals surface area contributed by atoms with Crippen molar-refractivity contribution in [3.05, 3.63) is 53.1 Å². The van der Waals surface area contributed by atoms with Crippen LogP contribution in [0.3, 0.4) is 0 Å². The number of aryl methyl sites for hydroxylation is 1. The summed E-state index contributed by atoms with van der Waals surface area (Å²) in [6.45, 7) is 7.44. The Morgan fingerprint density at radius 3 is 2.88 bits per heavy atom. The number of ether oxygens (including phenoxy) is 2. The Morgan fingerprint density at radius 2 is 2.12 bits per heavy atom. The molecule has 1 aliphatic rings. The SMILES string of the molecule is CCOc1cc2c(cc1CNC(=S)Nc1cccc(CC)c1)O[C@H](C)C2. The molecule has 0 amide bonds. The minimum atomic E-state index is 0.219. The number of fused-ring (bicyclic) bond motifs is 1. The van der Waals surface area contributed by atoms with Crippen molar-refractivity contribution in [3.8, 4) is 11.5 Å². The summed E-state index contributed by atoms with van der Waals surface area (Å²) in [6, 6.07) is 12.4. The normalized spacial score (nSPS) is 15.1. The van der Waals surface area contributed by atoms with Crippen molar-refractivity contribution in [2.24, 2.45) is 0 Å². The van der Waals surface area contributed by atoms with E-state index in [4.69, 9.17) is 21.7 Å². The number of thiocarbonyl (C=S) groups is 1. The van der Waals surface area contributed by atoms with E-state index in [2.05, 4.69) is 48.7 Å². The van der Waals surface area contributed by atoms with E-state index in [0.717, 1.165) is 35.6 Å². The lowest BCUT2D eigenvalue weighted by Gasteiger charge is -2.15. The van der Waals surface area contributed by atoms with Gasteiger partial charge in [0.25, 0.3) is 0 Å². The van der Waals surface area contributed by atoms with Gasteiger partial charge in [-0.3, -0.25) is 0 Å². The van der Waals surface area contributed by atoms with Gasteiger partial charge in [-0.25, -0.2) is 0 Å². The lowest BCUT2D eigenvalue weighted by Crippen LogP contribution is -2.28. The monoisotopic (exact) mass is 370 g/mol. The van der Waals surface area contributed by atoms with Crippen LogP contribution in [-0.2, 0) is 19.4 Å². The van der Waals surface area contributed by atoms with Crippen LogP contribution in [0.5, 0.6) is 11.5 Å². The molecule has 0 unspecified atom stereocenters. The molecule has 0 radical (unpaired) electrons. The highest BCUT2D eigenvalue weighted by Crippen LogP contribution is 2.35. The predicted molar refractivity (Wildman–Crippen MR) is 110 cm³/mol. The van der Waals surface area contributed by atoms with Crippen LogP contribution in [0.2, 0.25) is 0 Å². The van der Waals surface area contributed by atoms with Gasteiger partial charge in [-0.1, -0.05) is 19.1 Å². The summed E-state index contributed by atoms with van der Waals surface area (Å²) in [5, 5.41) is 7.11. The Morgan fingerprint density at radius 1 is 1.27 bits per heavy atom. The molecule has 2 N–H and O–H groups in total. The van der Waals surface area contributed by atoms with Crippen LogP contribution < -0.4 is 20.1 Å². The van der Waals surface area contributed by atoms with Crippen LogP contribution >= 0.6 is 12.2 Å². The Kier molecular flexibility index (Phi) is 5.99. The van der Waals surface area contributed by atoms with Gasteiger partial charge < -0.3 is 20.1 Å². The molecule has 4 nitrogen and oxygen atoms in total. The second-order valence-corrected chi connectivity index (χ2v) is 6.90. The number of rotatable bonds is 6. The maximum atomic E-state index is 5.88. The van der Waals surface area contributed by atoms with E-state index in [-0.39, 0.29) is 6.10 Å². The first-order chi connectivity index (χ1) is 12.6. The number of benzene rings is 2. The Bertz CT molecular complexity index is 792. The highest BCUT2D eigenvalue weighted by Gasteiger charge is 2.21. The van der Waals surface area contributed by atoms with Gasteiger partial charge in [0.05, 0.1) is 6.61 Å². The smallest absolute Gasteiger partial charge is 0.171 e. The highest BCUT2D eigenvalue weighted by atomic mass is 32.1. The van der Waals surface area contributed by atoms with Gasteiger partial charge in [-0.05, 0) is 62.3 Å². The van der Waals surface area contributed by atoms with E-state index < -0.39 is 0 Å². The molecule has 0 aromatic heterocycles. The third-order valence-corrected chi connectivity index (χ3v) is 4.66. The molecule has 0 aliphatic carbocycles. The van der Waals surface area contributed by atoms with E-state index in [0.29, 0.717) is 18.3 Å². The van der Waals surface area contributed by atoms with Gasteiger partial charge in [0.15, 0.2) is 5.11 Å². The van der Waals surface area contributed by atoms with Crippen molar-refractivity contribution in [2.75, 3.05) is 11.9 Å². The first kappa shape index (κ1) is 18.5. The highest BCUT2D eigenvalue weighted by molar-refractivity contribution is 7.80. The molecule has 0 saturated carbocycles. The van der Waals surface area contributed by atoms with Gasteiger partial charge in [-0.2, -0.15) is 0 Å². The first-order valence-electron chi connectivity index (χ1n) is 9.18. The maximum absolute atomic E-state index is 5.88. The fraction of sp³-hybridized carbons (Fsp3) is 0.381. The van der Waals surface area contributed by atoms with Crippen molar-refractivity contribution in [3.63, 3.8) is 0 Å². The van der Waals surface area contributed by atoms with Crippen LogP contribution in [0.4, 0.5) is 5.69 Å². The molecule has 138 valence electrons. The fourth-order valence-corrected chi connectivity index (χ4v) is 3.32. The Labute approximate surface area is 160 Å². The number of anilines is 1. The maximum Gasteiger partial charge on any atom is 0.171 e. The summed E-state index contributed by atoms with van der Waals surface area (Å²) < 4.78 is 11.7. The summed E-state index contributed by atoms with van der Waals surface area (Å²) >= 11 is 5.45. The first-order valence-corrected chi connectivity index (χ1v) is 9.59. The van der Waals surface area contributed by atoms with Crippen LogP contribution in [-0.4, -0.2) is 17.8 Å². The molecule has 2 aromatic carbocycles. The van der Waals surface area contributed by atoms with E-state index in [1.165, 1.54) is 11.1 Å². The molecule has 0 bridgehead atoms. The Hall–Kier alpha value is -2.27. The molecule has 1 aliphatic heterocycles. The molecule has 0 saturated heterocycles. The average Bonchev–Trinajstić information content (AvgIpc) is 2.99. The van der Waals surface area contributed by atoms with Crippen LogP contribution in [0, 0.1) is 0 Å². The second kappa shape index (κ2) is 8.41. The molecular formula is C21H26N2O2S. The molecular weight excluding hydrogens is 344 g/mol. The largest absolute Gasteiger partial charge is 0.494 e. The lowest BCUT2D eigenvalue weighted by atomic mass is 10.1.